The number of nitrogens with zero attached hydrogens (tertiary/aromatic N) is 2. The lowest BCUT2D eigenvalue weighted by atomic mass is 10.2. The summed E-state index contributed by atoms with van der Waals surface area (Å²) < 4.78 is 5.15. The fourth-order valence-electron chi connectivity index (χ4n) is 2.14. The van der Waals surface area contributed by atoms with Crippen LogP contribution in [0.1, 0.15) is 12.8 Å². The molecule has 0 spiro atoms. The lowest BCUT2D eigenvalue weighted by Crippen LogP contribution is -2.36. The average Bonchev–Trinajstić information content (AvgIpc) is 2.91. The van der Waals surface area contributed by atoms with Crippen molar-refractivity contribution >= 4 is 17.7 Å². The number of hydrogen-bond acceptors (Lipinski definition) is 4. The predicted molar refractivity (Wildman–Crippen MR) is 66.7 cm³/mol. The second kappa shape index (κ2) is 5.79. The topological polar surface area (TPSA) is 66.9 Å². The van der Waals surface area contributed by atoms with Crippen LogP contribution in [0.15, 0.2) is 24.3 Å². The Morgan fingerprint density at radius 2 is 1.63 bits per heavy atom. The molecule has 0 radical (unpaired) electrons. The third kappa shape index (κ3) is 2.90. The van der Waals surface area contributed by atoms with Gasteiger partial charge in [-0.2, -0.15) is 0 Å². The highest BCUT2D eigenvalue weighted by atomic mass is 16.5. The highest BCUT2D eigenvalue weighted by Crippen LogP contribution is 2.13. The summed E-state index contributed by atoms with van der Waals surface area (Å²) in [6.07, 6.45) is 6.83. The van der Waals surface area contributed by atoms with Crippen molar-refractivity contribution in [3.8, 4) is 0 Å². The van der Waals surface area contributed by atoms with Gasteiger partial charge in [0.15, 0.2) is 6.23 Å². The van der Waals surface area contributed by atoms with Crippen LogP contribution < -0.4 is 0 Å². The number of methoxy groups -OCH3 is 1. The highest BCUT2D eigenvalue weighted by molar-refractivity contribution is 6.12. The Kier molecular flexibility index (Phi) is 4.11. The molecule has 3 amide bonds. The van der Waals surface area contributed by atoms with Crippen LogP contribution in [0.2, 0.25) is 0 Å². The van der Waals surface area contributed by atoms with E-state index < -0.39 is 0 Å². The molecule has 0 bridgehead atoms. The first-order valence-corrected chi connectivity index (χ1v) is 6.18. The van der Waals surface area contributed by atoms with Crippen LogP contribution in [0.5, 0.6) is 0 Å². The summed E-state index contributed by atoms with van der Waals surface area (Å²) in [6, 6.07) is 0. The smallest absolute Gasteiger partial charge is 0.253 e. The summed E-state index contributed by atoms with van der Waals surface area (Å²) in [7, 11) is 1.55. The van der Waals surface area contributed by atoms with Gasteiger partial charge in [0.2, 0.25) is 5.91 Å². The molecule has 2 rings (SSSR count). The van der Waals surface area contributed by atoms with E-state index in [0.717, 1.165) is 0 Å². The number of rotatable bonds is 6. The Balaban J connectivity index is 1.71. The van der Waals surface area contributed by atoms with Gasteiger partial charge in [-0.1, -0.05) is 0 Å². The highest BCUT2D eigenvalue weighted by Gasteiger charge is 2.25. The normalized spacial score (nSPS) is 22.2. The lowest BCUT2D eigenvalue weighted by Gasteiger charge is -2.23. The molecule has 2 aliphatic heterocycles. The molecule has 6 nitrogen and oxygen atoms in total. The maximum Gasteiger partial charge on any atom is 0.253 e. The molecule has 2 heterocycles. The monoisotopic (exact) mass is 264 g/mol. The average molecular weight is 264 g/mol. The minimum absolute atomic E-state index is 0.0677. The zero-order valence-corrected chi connectivity index (χ0v) is 10.7. The molecule has 0 N–H and O–H groups in total. The van der Waals surface area contributed by atoms with Crippen LogP contribution in [0, 0.1) is 0 Å². The summed E-state index contributed by atoms with van der Waals surface area (Å²) >= 11 is 0. The molecule has 0 saturated carbocycles. The Morgan fingerprint density at radius 1 is 1.00 bits per heavy atom. The second-order valence-corrected chi connectivity index (χ2v) is 4.39. The summed E-state index contributed by atoms with van der Waals surface area (Å²) in [5.41, 5.74) is 0. The fourth-order valence-corrected chi connectivity index (χ4v) is 2.14. The van der Waals surface area contributed by atoms with Crippen molar-refractivity contribution in [2.45, 2.75) is 19.1 Å². The van der Waals surface area contributed by atoms with Crippen LogP contribution >= 0.6 is 0 Å². The molecule has 19 heavy (non-hydrogen) atoms. The number of carbonyl (C=O) groups excluding carboxylic acids is 3. The van der Waals surface area contributed by atoms with Gasteiger partial charge < -0.3 is 9.64 Å². The Bertz CT molecular complexity index is 438. The van der Waals surface area contributed by atoms with Gasteiger partial charge in [-0.15, -0.1) is 0 Å². The van der Waals surface area contributed by atoms with Gasteiger partial charge in [-0.25, -0.2) is 0 Å². The van der Waals surface area contributed by atoms with E-state index in [0.29, 0.717) is 25.9 Å². The van der Waals surface area contributed by atoms with Crippen molar-refractivity contribution in [2.24, 2.45) is 0 Å². The maximum absolute atomic E-state index is 11.5. The fraction of sp³-hybridized carbons (Fsp3) is 0.462. The van der Waals surface area contributed by atoms with Gasteiger partial charge in [-0.05, 0) is 18.9 Å². The van der Waals surface area contributed by atoms with Crippen LogP contribution in [0.25, 0.3) is 0 Å². The van der Waals surface area contributed by atoms with E-state index in [4.69, 9.17) is 4.74 Å². The van der Waals surface area contributed by atoms with Gasteiger partial charge in [0.1, 0.15) is 0 Å². The molecule has 1 unspecified atom stereocenters. The van der Waals surface area contributed by atoms with E-state index in [-0.39, 0.29) is 23.9 Å². The van der Waals surface area contributed by atoms with Crippen molar-refractivity contribution in [3.05, 3.63) is 24.3 Å². The second-order valence-electron chi connectivity index (χ2n) is 4.39. The number of ether oxygens (including phenoxy) is 1. The molecule has 2 aliphatic rings. The van der Waals surface area contributed by atoms with E-state index in [1.807, 2.05) is 0 Å². The van der Waals surface area contributed by atoms with Crippen LogP contribution in [-0.2, 0) is 19.1 Å². The largest absolute Gasteiger partial charge is 0.358 e. The molecule has 0 saturated heterocycles. The standard InChI is InChI=1S/C13H16N2O4/c1-19-13-7-6-12(18)15(13)9-3-2-8-14-10(16)4-5-11(14)17/h4-7,13H,2-3,8-9H2,1H3. The molecule has 0 aromatic rings. The van der Waals surface area contributed by atoms with Crippen molar-refractivity contribution in [1.82, 2.24) is 9.80 Å². The Labute approximate surface area is 111 Å². The molecular formula is C13H16N2O4. The number of hydrogen-bond donors (Lipinski definition) is 0. The van der Waals surface area contributed by atoms with Crippen molar-refractivity contribution in [2.75, 3.05) is 20.2 Å². The first kappa shape index (κ1) is 13.5. The predicted octanol–water partition coefficient (Wildman–Crippen LogP) is 0.0625. The van der Waals surface area contributed by atoms with Gasteiger partial charge >= 0.3 is 0 Å². The quantitative estimate of drug-likeness (QED) is 0.502. The minimum atomic E-state index is -0.302. The van der Waals surface area contributed by atoms with Crippen molar-refractivity contribution in [1.29, 1.82) is 0 Å². The van der Waals surface area contributed by atoms with E-state index in [2.05, 4.69) is 0 Å². The third-order valence-corrected chi connectivity index (χ3v) is 3.17. The van der Waals surface area contributed by atoms with Crippen molar-refractivity contribution in [3.63, 3.8) is 0 Å². The van der Waals surface area contributed by atoms with Gasteiger partial charge in [-0.3, -0.25) is 19.3 Å². The molecular weight excluding hydrogens is 248 g/mol. The maximum atomic E-state index is 11.5. The molecule has 0 aromatic heterocycles. The van der Waals surface area contributed by atoms with Crippen molar-refractivity contribution < 1.29 is 19.1 Å². The molecule has 102 valence electrons. The molecule has 0 aromatic carbocycles. The van der Waals surface area contributed by atoms with Gasteiger partial charge in [0.25, 0.3) is 11.8 Å². The van der Waals surface area contributed by atoms with Crippen LogP contribution in [0.3, 0.4) is 0 Å². The zero-order valence-electron chi connectivity index (χ0n) is 10.7. The number of imide groups is 1. The summed E-state index contributed by atoms with van der Waals surface area (Å²) in [4.78, 5) is 37.0. The summed E-state index contributed by atoms with van der Waals surface area (Å²) in [6.45, 7) is 0.936. The van der Waals surface area contributed by atoms with Gasteiger partial charge in [0, 0.05) is 38.4 Å². The molecule has 6 heteroatoms. The van der Waals surface area contributed by atoms with Gasteiger partial charge in [0.05, 0.1) is 0 Å². The van der Waals surface area contributed by atoms with E-state index >= 15 is 0 Å². The first-order chi connectivity index (χ1) is 9.13. The number of amides is 3. The SMILES string of the molecule is COC1C=CC(=O)N1CCCCN1C(=O)C=CC1=O. The molecule has 0 aliphatic carbocycles. The summed E-state index contributed by atoms with van der Waals surface area (Å²) in [5, 5.41) is 0. The molecule has 1 atom stereocenters. The van der Waals surface area contributed by atoms with Crippen LogP contribution in [0.4, 0.5) is 0 Å². The van der Waals surface area contributed by atoms with E-state index in [9.17, 15) is 14.4 Å². The first-order valence-electron chi connectivity index (χ1n) is 6.18. The van der Waals surface area contributed by atoms with Crippen LogP contribution in [-0.4, -0.2) is 53.9 Å². The molecule has 0 fully saturated rings. The Hall–Kier alpha value is -1.95. The third-order valence-electron chi connectivity index (χ3n) is 3.17. The minimum Gasteiger partial charge on any atom is -0.358 e. The number of unbranched alkanes of at least 4 members (excludes halogenated alkanes) is 1. The zero-order chi connectivity index (χ0) is 13.8. The van der Waals surface area contributed by atoms with E-state index in [1.54, 1.807) is 18.1 Å². The summed E-state index contributed by atoms with van der Waals surface area (Å²) in [5.74, 6) is -0.598. The number of carbonyl (C=O) groups is 3. The Morgan fingerprint density at radius 3 is 2.26 bits per heavy atom. The van der Waals surface area contributed by atoms with E-state index in [1.165, 1.54) is 23.1 Å². The lowest BCUT2D eigenvalue weighted by molar-refractivity contribution is -0.137.